The minimum absolute atomic E-state index is 0.116. The highest BCUT2D eigenvalue weighted by atomic mass is 35.5. The number of phenolic OH excluding ortho intramolecular Hbond substituents is 1. The number of amides is 2. The summed E-state index contributed by atoms with van der Waals surface area (Å²) in [6, 6.07) is 53.6. The summed E-state index contributed by atoms with van der Waals surface area (Å²) in [6.45, 7) is 5.03. The quantitative estimate of drug-likeness (QED) is 0.0742. The van der Waals surface area contributed by atoms with Crippen molar-refractivity contribution in [3.05, 3.63) is 239 Å². The number of benzene rings is 8. The van der Waals surface area contributed by atoms with Crippen molar-refractivity contribution in [1.29, 1.82) is 0 Å². The average molecular weight is 1010 g/mol. The van der Waals surface area contributed by atoms with Crippen molar-refractivity contribution in [1.82, 2.24) is 9.62 Å². The Morgan fingerprint density at radius 3 is 1.70 bits per heavy atom. The Bertz CT molecular complexity index is 3180. The summed E-state index contributed by atoms with van der Waals surface area (Å²) in [5.41, 5.74) is 7.95. The number of ether oxygens (including phenoxy) is 1. The smallest absolute Gasteiger partial charge is 0.322 e. The van der Waals surface area contributed by atoms with E-state index >= 15 is 0 Å². The van der Waals surface area contributed by atoms with Crippen LogP contribution in [0.5, 0.6) is 11.5 Å². The Morgan fingerprint density at radius 2 is 1.14 bits per heavy atom. The van der Waals surface area contributed by atoms with Crippen molar-refractivity contribution in [2.45, 2.75) is 49.2 Å². The van der Waals surface area contributed by atoms with Crippen LogP contribution in [0.2, 0.25) is 0 Å². The molecule has 362 valence electrons. The van der Waals surface area contributed by atoms with Crippen LogP contribution in [0.1, 0.15) is 63.5 Å². The van der Waals surface area contributed by atoms with Crippen LogP contribution in [0, 0.1) is 17.6 Å². The molecule has 13 heteroatoms. The molecule has 3 N–H and O–H groups in total. The highest BCUT2D eigenvalue weighted by Crippen LogP contribution is 2.43. The molecule has 0 heterocycles. The SMILES string of the molecule is CC(C)CN(Cc1cccc(CNS(=O)(=O)c2cc(C(Cl)c3ccc(-c4ccc(F)cc4)cc3)cc(C(Cl)c3ccc(-c4ccc(F)cc4)cc3)c2O)c1)C(=O)Nc1ccc(OCc2ccccc2)cc1. The summed E-state index contributed by atoms with van der Waals surface area (Å²) in [4.78, 5) is 15.0. The van der Waals surface area contributed by atoms with Gasteiger partial charge < -0.3 is 20.1 Å². The number of carbonyl (C=O) groups excluding carboxylic acids is 1. The van der Waals surface area contributed by atoms with Gasteiger partial charge in [0.1, 0.15) is 34.6 Å². The van der Waals surface area contributed by atoms with Gasteiger partial charge in [0.2, 0.25) is 10.0 Å². The van der Waals surface area contributed by atoms with E-state index < -0.39 is 31.4 Å². The number of nitrogens with zero attached hydrogens (tertiary/aromatic N) is 1. The average Bonchev–Trinajstić information content (AvgIpc) is 3.38. The second-order valence-electron chi connectivity index (χ2n) is 17.6. The summed E-state index contributed by atoms with van der Waals surface area (Å²) >= 11 is 14.3. The fraction of sp³-hybridized carbons (Fsp3) is 0.155. The zero-order valence-electron chi connectivity index (χ0n) is 38.9. The highest BCUT2D eigenvalue weighted by Gasteiger charge is 2.28. The summed E-state index contributed by atoms with van der Waals surface area (Å²) in [5.74, 6) is -0.422. The van der Waals surface area contributed by atoms with Crippen LogP contribution in [-0.2, 0) is 29.7 Å². The van der Waals surface area contributed by atoms with Gasteiger partial charge in [-0.2, -0.15) is 0 Å². The topological polar surface area (TPSA) is 108 Å². The Kier molecular flexibility index (Phi) is 16.2. The maximum Gasteiger partial charge on any atom is 0.322 e. The number of hydrogen-bond acceptors (Lipinski definition) is 5. The van der Waals surface area contributed by atoms with Crippen molar-refractivity contribution in [2.75, 3.05) is 11.9 Å². The number of anilines is 1. The van der Waals surface area contributed by atoms with E-state index in [-0.39, 0.29) is 42.2 Å². The molecule has 0 fully saturated rings. The van der Waals surface area contributed by atoms with Gasteiger partial charge in [-0.3, -0.25) is 0 Å². The molecule has 0 radical (unpaired) electrons. The van der Waals surface area contributed by atoms with E-state index in [1.165, 1.54) is 30.3 Å². The largest absolute Gasteiger partial charge is 0.506 e. The minimum Gasteiger partial charge on any atom is -0.506 e. The first kappa shape index (κ1) is 50.4. The molecule has 8 rings (SSSR count). The van der Waals surface area contributed by atoms with Gasteiger partial charge in [-0.05, 0) is 122 Å². The molecule has 2 atom stereocenters. The minimum atomic E-state index is -4.44. The number of carbonyl (C=O) groups is 1. The van der Waals surface area contributed by atoms with Crippen molar-refractivity contribution in [3.8, 4) is 33.8 Å². The highest BCUT2D eigenvalue weighted by molar-refractivity contribution is 7.89. The lowest BCUT2D eigenvalue weighted by atomic mass is 9.95. The molecule has 71 heavy (non-hydrogen) atoms. The lowest BCUT2D eigenvalue weighted by Gasteiger charge is -2.25. The predicted octanol–water partition coefficient (Wildman–Crippen LogP) is 14.4. The normalized spacial score (nSPS) is 12.3. The predicted molar refractivity (Wildman–Crippen MR) is 279 cm³/mol. The number of nitrogens with one attached hydrogen (secondary N) is 2. The summed E-state index contributed by atoms with van der Waals surface area (Å²) in [5, 5.41) is 13.0. The first-order valence-electron chi connectivity index (χ1n) is 23.0. The first-order chi connectivity index (χ1) is 34.2. The number of aromatic hydroxyl groups is 1. The molecule has 8 aromatic carbocycles. The third kappa shape index (κ3) is 13.0. The molecule has 0 aliphatic carbocycles. The standard InChI is InChI=1S/C58H51Cl2F2N3O5S/c1-38(2)35-65(58(67)64-51-27-29-52(30-28-51)70-37-39-7-4-3-5-8-39)36-41-10-6-9-40(31-41)34-63-71(68,69)54-33-48(55(59)46-15-11-42(12-16-46)44-19-23-49(61)24-20-44)32-53(57(54)66)56(60)47-17-13-43(14-18-47)45-21-25-50(62)26-22-45/h3-33,38,55-56,63,66H,34-37H2,1-2H3,(H,64,67). The van der Waals surface area contributed by atoms with Gasteiger partial charge in [-0.25, -0.2) is 26.7 Å². The second kappa shape index (κ2) is 22.8. The maximum atomic E-state index is 14.4. The molecule has 0 saturated carbocycles. The number of halogens is 4. The Hall–Kier alpha value is -7.02. The molecule has 2 amide bonds. The van der Waals surface area contributed by atoms with Gasteiger partial charge in [0.15, 0.2) is 0 Å². The molecule has 8 aromatic rings. The molecule has 0 aromatic heterocycles. The number of sulfonamides is 1. The van der Waals surface area contributed by atoms with Crippen LogP contribution < -0.4 is 14.8 Å². The van der Waals surface area contributed by atoms with Crippen molar-refractivity contribution >= 4 is 44.9 Å². The maximum absolute atomic E-state index is 14.4. The molecule has 8 nitrogen and oxygen atoms in total. The fourth-order valence-electron chi connectivity index (χ4n) is 8.09. The van der Waals surface area contributed by atoms with E-state index in [2.05, 4.69) is 10.0 Å². The molecule has 0 spiro atoms. The molecule has 0 aliphatic rings. The number of rotatable bonds is 18. The van der Waals surface area contributed by atoms with Crippen LogP contribution in [0.3, 0.4) is 0 Å². The molecular formula is C58H51Cl2F2N3O5S. The molecule has 2 unspecified atom stereocenters. The van der Waals surface area contributed by atoms with Crippen LogP contribution >= 0.6 is 23.2 Å². The summed E-state index contributed by atoms with van der Waals surface area (Å²) in [7, 11) is -4.44. The van der Waals surface area contributed by atoms with Gasteiger partial charge in [-0.15, -0.1) is 23.2 Å². The lowest BCUT2D eigenvalue weighted by Crippen LogP contribution is -2.37. The van der Waals surface area contributed by atoms with Crippen LogP contribution in [-0.4, -0.2) is 31.0 Å². The van der Waals surface area contributed by atoms with Crippen LogP contribution in [0.4, 0.5) is 19.3 Å². The third-order valence-corrected chi connectivity index (χ3v) is 14.2. The van der Waals surface area contributed by atoms with E-state index in [0.717, 1.165) is 33.4 Å². The molecular weight excluding hydrogens is 960 g/mol. The van der Waals surface area contributed by atoms with Gasteiger partial charge in [0.25, 0.3) is 0 Å². The van der Waals surface area contributed by atoms with Gasteiger partial charge >= 0.3 is 6.03 Å². The van der Waals surface area contributed by atoms with E-state index in [1.54, 1.807) is 95.9 Å². The number of hydrogen-bond donors (Lipinski definition) is 3. The zero-order valence-corrected chi connectivity index (χ0v) is 41.2. The zero-order chi connectivity index (χ0) is 50.1. The number of urea groups is 1. The van der Waals surface area contributed by atoms with Crippen LogP contribution in [0.25, 0.3) is 22.3 Å². The van der Waals surface area contributed by atoms with Gasteiger partial charge in [0.05, 0.1) is 10.8 Å². The second-order valence-corrected chi connectivity index (χ2v) is 20.2. The van der Waals surface area contributed by atoms with Crippen molar-refractivity contribution < 1.29 is 31.8 Å². The molecule has 0 bridgehead atoms. The molecule has 0 saturated heterocycles. The summed E-state index contributed by atoms with van der Waals surface area (Å²) < 4.78 is 64.6. The third-order valence-electron chi connectivity index (χ3n) is 11.8. The van der Waals surface area contributed by atoms with E-state index in [0.29, 0.717) is 46.8 Å². The summed E-state index contributed by atoms with van der Waals surface area (Å²) in [6.07, 6.45) is 0. The Morgan fingerprint density at radius 1 is 0.620 bits per heavy atom. The number of alkyl halides is 2. The van der Waals surface area contributed by atoms with Crippen LogP contribution in [0.15, 0.2) is 193 Å². The van der Waals surface area contributed by atoms with Crippen molar-refractivity contribution in [2.24, 2.45) is 5.92 Å². The van der Waals surface area contributed by atoms with Gasteiger partial charge in [0, 0.05) is 30.9 Å². The Labute approximate surface area is 423 Å². The first-order valence-corrected chi connectivity index (χ1v) is 25.3. The van der Waals surface area contributed by atoms with Crippen molar-refractivity contribution in [3.63, 3.8) is 0 Å². The Balaban J connectivity index is 1.01. The molecule has 0 aliphatic heterocycles. The van der Waals surface area contributed by atoms with E-state index in [9.17, 15) is 27.1 Å². The van der Waals surface area contributed by atoms with E-state index in [1.807, 2.05) is 80.6 Å². The lowest BCUT2D eigenvalue weighted by molar-refractivity contribution is 0.201. The van der Waals surface area contributed by atoms with Gasteiger partial charge in [-0.1, -0.05) is 141 Å². The van der Waals surface area contributed by atoms with E-state index in [4.69, 9.17) is 27.9 Å². The fourth-order valence-corrected chi connectivity index (χ4v) is 9.85. The number of phenols is 1. The monoisotopic (exact) mass is 1010 g/mol.